The molecule has 0 radical (unpaired) electrons. The Morgan fingerprint density at radius 2 is 1.95 bits per heavy atom. The van der Waals surface area contributed by atoms with Crippen LogP contribution in [0.15, 0.2) is 28.8 Å². The standard InChI is InChI=1S/C15H16N2O4/c1-19-10-4-3-9(7-12(10)20-2)11-8-13(17-21-11)15(5-6-15)14(16)18/h3-4,7-8H,5-6H2,1-2H3,(H2,16,18). The van der Waals surface area contributed by atoms with Crippen LogP contribution in [-0.2, 0) is 10.2 Å². The summed E-state index contributed by atoms with van der Waals surface area (Å²) in [6.45, 7) is 0. The van der Waals surface area contributed by atoms with Gasteiger partial charge in [-0.05, 0) is 31.0 Å². The maximum Gasteiger partial charge on any atom is 0.229 e. The van der Waals surface area contributed by atoms with Crippen molar-refractivity contribution in [3.05, 3.63) is 30.0 Å². The molecule has 3 rings (SSSR count). The monoisotopic (exact) mass is 288 g/mol. The van der Waals surface area contributed by atoms with Crippen LogP contribution in [0.1, 0.15) is 18.5 Å². The van der Waals surface area contributed by atoms with Crippen LogP contribution >= 0.6 is 0 Å². The van der Waals surface area contributed by atoms with Gasteiger partial charge >= 0.3 is 0 Å². The van der Waals surface area contributed by atoms with Gasteiger partial charge in [-0.15, -0.1) is 0 Å². The van der Waals surface area contributed by atoms with Gasteiger partial charge in [0.15, 0.2) is 17.3 Å². The fraction of sp³-hybridized carbons (Fsp3) is 0.333. The van der Waals surface area contributed by atoms with E-state index in [1.165, 1.54) is 0 Å². The minimum Gasteiger partial charge on any atom is -0.493 e. The zero-order valence-electron chi connectivity index (χ0n) is 11.9. The molecule has 110 valence electrons. The lowest BCUT2D eigenvalue weighted by Crippen LogP contribution is -2.28. The van der Waals surface area contributed by atoms with Crippen LogP contribution < -0.4 is 15.2 Å². The Bertz CT molecular complexity index is 689. The highest BCUT2D eigenvalue weighted by molar-refractivity contribution is 5.89. The number of aromatic nitrogens is 1. The number of nitrogens with zero attached hydrogens (tertiary/aromatic N) is 1. The zero-order chi connectivity index (χ0) is 15.0. The molecule has 1 aliphatic carbocycles. The van der Waals surface area contributed by atoms with Crippen LogP contribution in [0, 0.1) is 0 Å². The van der Waals surface area contributed by atoms with Crippen LogP contribution in [0.3, 0.4) is 0 Å². The summed E-state index contributed by atoms with van der Waals surface area (Å²) < 4.78 is 15.8. The van der Waals surface area contributed by atoms with E-state index in [2.05, 4.69) is 5.16 Å². The third-order valence-corrected chi connectivity index (χ3v) is 3.89. The van der Waals surface area contributed by atoms with Crippen LogP contribution in [0.4, 0.5) is 0 Å². The number of primary amides is 1. The van der Waals surface area contributed by atoms with Gasteiger partial charge in [-0.1, -0.05) is 5.16 Å². The number of carbonyl (C=O) groups is 1. The van der Waals surface area contributed by atoms with Crippen LogP contribution in [0.5, 0.6) is 11.5 Å². The van der Waals surface area contributed by atoms with Crippen molar-refractivity contribution in [2.24, 2.45) is 5.73 Å². The second-order valence-electron chi connectivity index (χ2n) is 5.09. The first-order valence-corrected chi connectivity index (χ1v) is 6.60. The van der Waals surface area contributed by atoms with Crippen molar-refractivity contribution in [3.63, 3.8) is 0 Å². The molecule has 0 spiro atoms. The lowest BCUT2D eigenvalue weighted by atomic mass is 10.0. The van der Waals surface area contributed by atoms with E-state index < -0.39 is 5.41 Å². The normalized spacial score (nSPS) is 15.5. The van der Waals surface area contributed by atoms with Crippen molar-refractivity contribution >= 4 is 5.91 Å². The number of amides is 1. The highest BCUT2D eigenvalue weighted by Gasteiger charge is 2.52. The Morgan fingerprint density at radius 3 is 2.52 bits per heavy atom. The topological polar surface area (TPSA) is 87.6 Å². The highest BCUT2D eigenvalue weighted by atomic mass is 16.5. The maximum atomic E-state index is 11.5. The molecule has 1 fully saturated rings. The molecule has 6 nitrogen and oxygen atoms in total. The van der Waals surface area contributed by atoms with Crippen molar-refractivity contribution < 1.29 is 18.8 Å². The average molecular weight is 288 g/mol. The molecule has 0 aliphatic heterocycles. The number of rotatable bonds is 5. The summed E-state index contributed by atoms with van der Waals surface area (Å²) in [6, 6.07) is 7.19. The number of carbonyl (C=O) groups excluding carboxylic acids is 1. The smallest absolute Gasteiger partial charge is 0.229 e. The van der Waals surface area contributed by atoms with Crippen molar-refractivity contribution in [1.29, 1.82) is 0 Å². The molecular formula is C15H16N2O4. The third-order valence-electron chi connectivity index (χ3n) is 3.89. The van der Waals surface area contributed by atoms with Crippen LogP contribution in [0.2, 0.25) is 0 Å². The van der Waals surface area contributed by atoms with Crippen molar-refractivity contribution in [3.8, 4) is 22.8 Å². The molecule has 0 saturated heterocycles. The lowest BCUT2D eigenvalue weighted by molar-refractivity contribution is -0.120. The van der Waals surface area contributed by atoms with Crippen LogP contribution in [-0.4, -0.2) is 25.3 Å². The first-order valence-electron chi connectivity index (χ1n) is 6.60. The molecule has 2 aromatic rings. The number of nitrogens with two attached hydrogens (primary N) is 1. The van der Waals surface area contributed by atoms with E-state index in [1.54, 1.807) is 32.4 Å². The second kappa shape index (κ2) is 4.80. The van der Waals surface area contributed by atoms with Gasteiger partial charge in [0.05, 0.1) is 25.3 Å². The van der Waals surface area contributed by atoms with E-state index in [9.17, 15) is 4.79 Å². The summed E-state index contributed by atoms with van der Waals surface area (Å²) in [4.78, 5) is 11.5. The average Bonchev–Trinajstić information content (AvgIpc) is 3.18. The molecule has 1 heterocycles. The second-order valence-corrected chi connectivity index (χ2v) is 5.09. The molecule has 1 aromatic carbocycles. The van der Waals surface area contributed by atoms with E-state index in [1.807, 2.05) is 6.07 Å². The molecule has 1 aromatic heterocycles. The van der Waals surface area contributed by atoms with Gasteiger partial charge in [0.1, 0.15) is 0 Å². The van der Waals surface area contributed by atoms with Gasteiger partial charge in [-0.3, -0.25) is 4.79 Å². The molecule has 0 atom stereocenters. The molecule has 6 heteroatoms. The largest absolute Gasteiger partial charge is 0.493 e. The molecule has 1 aliphatic rings. The minimum absolute atomic E-state index is 0.352. The number of hydrogen-bond donors (Lipinski definition) is 1. The molecule has 1 saturated carbocycles. The minimum atomic E-state index is -0.641. The predicted molar refractivity (Wildman–Crippen MR) is 75.1 cm³/mol. The van der Waals surface area contributed by atoms with Gasteiger partial charge in [0, 0.05) is 11.6 Å². The predicted octanol–water partition coefficient (Wildman–Crippen LogP) is 1.88. The summed E-state index contributed by atoms with van der Waals surface area (Å²) in [5, 5.41) is 4.00. The maximum absolute atomic E-state index is 11.5. The van der Waals surface area contributed by atoms with Crippen molar-refractivity contribution in [2.75, 3.05) is 14.2 Å². The van der Waals surface area contributed by atoms with Gasteiger partial charge in [0.2, 0.25) is 5.91 Å². The number of ether oxygens (including phenoxy) is 2. The lowest BCUT2D eigenvalue weighted by Gasteiger charge is -2.07. The fourth-order valence-electron chi connectivity index (χ4n) is 2.38. The van der Waals surface area contributed by atoms with Crippen molar-refractivity contribution in [1.82, 2.24) is 5.16 Å². The van der Waals surface area contributed by atoms with Gasteiger partial charge in [-0.2, -0.15) is 0 Å². The highest BCUT2D eigenvalue weighted by Crippen LogP contribution is 2.48. The number of methoxy groups -OCH3 is 2. The van der Waals surface area contributed by atoms with Crippen LogP contribution in [0.25, 0.3) is 11.3 Å². The Labute approximate surface area is 121 Å². The first kappa shape index (κ1) is 13.5. The Hall–Kier alpha value is -2.50. The molecule has 1 amide bonds. The molecule has 0 bridgehead atoms. The molecule has 21 heavy (non-hydrogen) atoms. The Morgan fingerprint density at radius 1 is 1.24 bits per heavy atom. The molecular weight excluding hydrogens is 272 g/mol. The van der Waals surface area contributed by atoms with Crippen molar-refractivity contribution in [2.45, 2.75) is 18.3 Å². The summed E-state index contributed by atoms with van der Waals surface area (Å²) in [7, 11) is 3.15. The summed E-state index contributed by atoms with van der Waals surface area (Å²) in [5.74, 6) is 1.45. The molecule has 0 unspecified atom stereocenters. The Kier molecular flexibility index (Phi) is 3.08. The quantitative estimate of drug-likeness (QED) is 0.907. The van der Waals surface area contributed by atoms with E-state index in [4.69, 9.17) is 19.7 Å². The molecule has 2 N–H and O–H groups in total. The SMILES string of the molecule is COc1ccc(-c2cc(C3(C(N)=O)CC3)no2)cc1OC. The number of hydrogen-bond acceptors (Lipinski definition) is 5. The van der Waals surface area contributed by atoms with E-state index in [-0.39, 0.29) is 5.91 Å². The third kappa shape index (κ3) is 2.12. The fourth-order valence-corrected chi connectivity index (χ4v) is 2.38. The van der Waals surface area contributed by atoms with E-state index in [0.717, 1.165) is 18.4 Å². The summed E-state index contributed by atoms with van der Waals surface area (Å²) >= 11 is 0. The van der Waals surface area contributed by atoms with E-state index >= 15 is 0 Å². The van der Waals surface area contributed by atoms with Gasteiger partial charge in [0.25, 0.3) is 0 Å². The van der Waals surface area contributed by atoms with Gasteiger partial charge < -0.3 is 19.7 Å². The zero-order valence-corrected chi connectivity index (χ0v) is 11.9. The first-order chi connectivity index (χ1) is 10.1. The number of benzene rings is 1. The summed E-state index contributed by atoms with van der Waals surface area (Å²) in [5.41, 5.74) is 6.19. The van der Waals surface area contributed by atoms with Gasteiger partial charge in [-0.25, -0.2) is 0 Å². The Balaban J connectivity index is 1.95. The van der Waals surface area contributed by atoms with E-state index in [0.29, 0.717) is 23.0 Å². The summed E-state index contributed by atoms with van der Waals surface area (Å²) in [6.07, 6.45) is 1.44.